The van der Waals surface area contributed by atoms with Crippen molar-refractivity contribution in [3.63, 3.8) is 0 Å². The van der Waals surface area contributed by atoms with Crippen LogP contribution < -0.4 is 0 Å². The summed E-state index contributed by atoms with van der Waals surface area (Å²) in [7, 11) is 1.33. The van der Waals surface area contributed by atoms with E-state index >= 15 is 0 Å². The first-order valence-corrected chi connectivity index (χ1v) is 4.53. The first-order valence-electron chi connectivity index (χ1n) is 2.99. The van der Waals surface area contributed by atoms with Gasteiger partial charge in [-0.05, 0) is 11.6 Å². The van der Waals surface area contributed by atoms with Crippen LogP contribution in [0.15, 0.2) is 0 Å². The van der Waals surface area contributed by atoms with Crippen molar-refractivity contribution in [3.05, 3.63) is 0 Å². The maximum Gasteiger partial charge on any atom is 0.306 e. The Morgan fingerprint density at radius 3 is 2.64 bits per heavy atom. The summed E-state index contributed by atoms with van der Waals surface area (Å²) in [6, 6.07) is 0. The van der Waals surface area contributed by atoms with Gasteiger partial charge in [0, 0.05) is 5.75 Å². The predicted molar refractivity (Wildman–Crippen MR) is 44.8 cm³/mol. The fraction of sp³-hybridized carbons (Fsp3) is 0.667. The van der Waals surface area contributed by atoms with Crippen molar-refractivity contribution in [3.8, 4) is 0 Å². The normalized spacial score (nSPS) is 9.27. The summed E-state index contributed by atoms with van der Waals surface area (Å²) in [6.07, 6.45) is 0.325. The zero-order valence-corrected chi connectivity index (χ0v) is 7.70. The second kappa shape index (κ2) is 6.49. The lowest BCUT2D eigenvalue weighted by atomic mass is 10.5. The smallest absolute Gasteiger partial charge is 0.306 e. The van der Waals surface area contributed by atoms with Gasteiger partial charge in [-0.15, -0.1) is 0 Å². The second-order valence-electron chi connectivity index (χ2n) is 1.73. The third kappa shape index (κ3) is 7.68. The number of carbonyl (C=O) groups is 2. The van der Waals surface area contributed by atoms with E-state index in [0.29, 0.717) is 12.2 Å². The Morgan fingerprint density at radius 1 is 1.55 bits per heavy atom. The third-order valence-electron chi connectivity index (χ3n) is 0.894. The molecule has 0 rings (SSSR count). The van der Waals surface area contributed by atoms with Crippen LogP contribution in [0.1, 0.15) is 6.42 Å². The molecule has 0 radical (unpaired) electrons. The van der Waals surface area contributed by atoms with Crippen molar-refractivity contribution in [2.45, 2.75) is 6.42 Å². The van der Waals surface area contributed by atoms with Crippen LogP contribution in [0.25, 0.3) is 0 Å². The molecule has 0 aliphatic rings. The van der Waals surface area contributed by atoms with Gasteiger partial charge in [0.1, 0.15) is 0 Å². The van der Waals surface area contributed by atoms with Crippen molar-refractivity contribution < 1.29 is 14.3 Å². The number of thioether (sulfide) groups is 1. The zero-order chi connectivity index (χ0) is 8.69. The van der Waals surface area contributed by atoms with Crippen molar-refractivity contribution in [2.24, 2.45) is 0 Å². The number of methoxy groups -OCH3 is 1. The molecule has 0 aliphatic carbocycles. The predicted octanol–water partition coefficient (Wildman–Crippen LogP) is 1.05. The molecule has 0 aromatic carbocycles. The number of hydrogen-bond donors (Lipinski definition) is 0. The van der Waals surface area contributed by atoms with Crippen molar-refractivity contribution in [2.75, 3.05) is 18.6 Å². The summed E-state index contributed by atoms with van der Waals surface area (Å²) in [6.45, 7) is 0. The standard InChI is InChI=1S/C6H9ClO3S/c1-10-6(9)2-3-11-4-5(7)8/h2-4H2,1H3. The van der Waals surface area contributed by atoms with E-state index in [0.717, 1.165) is 0 Å². The van der Waals surface area contributed by atoms with Crippen molar-refractivity contribution in [1.82, 2.24) is 0 Å². The molecule has 3 nitrogen and oxygen atoms in total. The van der Waals surface area contributed by atoms with Gasteiger partial charge in [0.2, 0.25) is 5.24 Å². The number of carbonyl (C=O) groups excluding carboxylic acids is 2. The Balaban J connectivity index is 3.14. The average molecular weight is 197 g/mol. The highest BCUT2D eigenvalue weighted by atomic mass is 35.5. The van der Waals surface area contributed by atoms with Crippen LogP contribution in [0.4, 0.5) is 0 Å². The molecule has 0 aromatic rings. The largest absolute Gasteiger partial charge is 0.469 e. The van der Waals surface area contributed by atoms with E-state index in [9.17, 15) is 9.59 Å². The Morgan fingerprint density at radius 2 is 2.18 bits per heavy atom. The lowest BCUT2D eigenvalue weighted by Crippen LogP contribution is -2.02. The highest BCUT2D eigenvalue weighted by molar-refractivity contribution is 8.00. The topological polar surface area (TPSA) is 43.4 Å². The molecule has 0 N–H and O–H groups in total. The minimum atomic E-state index is -0.389. The maximum atomic E-state index is 10.5. The van der Waals surface area contributed by atoms with E-state index < -0.39 is 0 Å². The number of hydrogen-bond acceptors (Lipinski definition) is 4. The molecule has 0 spiro atoms. The van der Waals surface area contributed by atoms with Gasteiger partial charge in [0.15, 0.2) is 0 Å². The number of rotatable bonds is 5. The SMILES string of the molecule is COC(=O)CCSCC(=O)Cl. The highest BCUT2D eigenvalue weighted by Crippen LogP contribution is 2.04. The molecule has 5 heteroatoms. The molecule has 0 aromatic heterocycles. The summed E-state index contributed by atoms with van der Waals surface area (Å²) in [5.74, 6) is 0.559. The van der Waals surface area contributed by atoms with E-state index in [1.54, 1.807) is 0 Å². The lowest BCUT2D eigenvalue weighted by Gasteiger charge is -1.96. The summed E-state index contributed by atoms with van der Waals surface area (Å²) in [5.41, 5.74) is 0. The van der Waals surface area contributed by atoms with E-state index in [1.165, 1.54) is 18.9 Å². The van der Waals surface area contributed by atoms with Gasteiger partial charge in [-0.25, -0.2) is 0 Å². The van der Waals surface area contributed by atoms with Crippen LogP contribution in [-0.2, 0) is 14.3 Å². The maximum absolute atomic E-state index is 10.5. The molecule has 0 bridgehead atoms. The molecule has 0 saturated carbocycles. The molecule has 64 valence electrons. The molecular weight excluding hydrogens is 188 g/mol. The third-order valence-corrected chi connectivity index (χ3v) is 2.14. The average Bonchev–Trinajstić information content (AvgIpc) is 1.97. The van der Waals surface area contributed by atoms with E-state index in [1.807, 2.05) is 0 Å². The number of halogens is 1. The molecule has 11 heavy (non-hydrogen) atoms. The van der Waals surface area contributed by atoms with Crippen LogP contribution in [-0.4, -0.2) is 29.8 Å². The van der Waals surface area contributed by atoms with Crippen LogP contribution in [0.2, 0.25) is 0 Å². The molecular formula is C6H9ClO3S. The number of esters is 1. The lowest BCUT2D eigenvalue weighted by molar-refractivity contribution is -0.140. The Hall–Kier alpha value is -0.220. The van der Waals surface area contributed by atoms with Gasteiger partial charge in [-0.3, -0.25) is 9.59 Å². The minimum absolute atomic E-state index is 0.249. The fourth-order valence-corrected chi connectivity index (χ4v) is 1.26. The minimum Gasteiger partial charge on any atom is -0.469 e. The van der Waals surface area contributed by atoms with Crippen molar-refractivity contribution >= 4 is 34.6 Å². The molecule has 0 heterocycles. The van der Waals surface area contributed by atoms with E-state index in [-0.39, 0.29) is 17.0 Å². The molecule has 0 fully saturated rings. The van der Waals surface area contributed by atoms with Gasteiger partial charge in [-0.1, -0.05) is 0 Å². The molecule has 0 unspecified atom stereocenters. The monoisotopic (exact) mass is 196 g/mol. The second-order valence-corrected chi connectivity index (χ2v) is 3.26. The first-order chi connectivity index (χ1) is 5.16. The van der Waals surface area contributed by atoms with Gasteiger partial charge in [0.05, 0.1) is 19.3 Å². The van der Waals surface area contributed by atoms with Crippen LogP contribution in [0, 0.1) is 0 Å². The molecule has 0 saturated heterocycles. The highest BCUT2D eigenvalue weighted by Gasteiger charge is 2.00. The summed E-state index contributed by atoms with van der Waals surface area (Å²) in [4.78, 5) is 20.7. The van der Waals surface area contributed by atoms with Gasteiger partial charge < -0.3 is 4.74 Å². The molecule has 0 amide bonds. The van der Waals surface area contributed by atoms with Crippen molar-refractivity contribution in [1.29, 1.82) is 0 Å². The van der Waals surface area contributed by atoms with Gasteiger partial charge >= 0.3 is 5.97 Å². The molecule has 0 aliphatic heterocycles. The Bertz CT molecular complexity index is 149. The number of ether oxygens (including phenoxy) is 1. The van der Waals surface area contributed by atoms with E-state index in [2.05, 4.69) is 4.74 Å². The Labute approximate surface area is 74.4 Å². The molecule has 0 atom stereocenters. The van der Waals surface area contributed by atoms with Crippen LogP contribution >= 0.6 is 23.4 Å². The van der Waals surface area contributed by atoms with Crippen LogP contribution in [0.3, 0.4) is 0 Å². The first kappa shape index (κ1) is 10.8. The van der Waals surface area contributed by atoms with Gasteiger partial charge in [0.25, 0.3) is 0 Å². The zero-order valence-electron chi connectivity index (χ0n) is 6.13. The summed E-state index contributed by atoms with van der Waals surface area (Å²) in [5, 5.41) is -0.389. The summed E-state index contributed by atoms with van der Waals surface area (Å²) < 4.78 is 4.39. The van der Waals surface area contributed by atoms with Crippen LogP contribution in [0.5, 0.6) is 0 Å². The van der Waals surface area contributed by atoms with E-state index in [4.69, 9.17) is 11.6 Å². The Kier molecular flexibility index (Phi) is 6.36. The van der Waals surface area contributed by atoms with Gasteiger partial charge in [-0.2, -0.15) is 11.8 Å². The summed E-state index contributed by atoms with van der Waals surface area (Å²) >= 11 is 6.37. The quantitative estimate of drug-likeness (QED) is 0.375. The fourth-order valence-electron chi connectivity index (χ4n) is 0.410.